The third-order valence-electron chi connectivity index (χ3n) is 5.61. The van der Waals surface area contributed by atoms with Gasteiger partial charge in [-0.15, -0.1) is 0 Å². The number of rotatable bonds is 4. The van der Waals surface area contributed by atoms with E-state index in [1.54, 1.807) is 0 Å². The molecule has 0 radical (unpaired) electrons. The Hall–Kier alpha value is -2.59. The number of hydrogen-bond donors (Lipinski definition) is 1. The predicted molar refractivity (Wildman–Crippen MR) is 107 cm³/mol. The maximum absolute atomic E-state index is 12.8. The van der Waals surface area contributed by atoms with Gasteiger partial charge in [0, 0.05) is 12.6 Å². The molecule has 2 aliphatic rings. The molecule has 0 spiro atoms. The van der Waals surface area contributed by atoms with Crippen LogP contribution < -0.4 is 5.73 Å². The van der Waals surface area contributed by atoms with Gasteiger partial charge in [0.05, 0.1) is 6.04 Å². The van der Waals surface area contributed by atoms with E-state index in [2.05, 4.69) is 30.3 Å². The summed E-state index contributed by atoms with van der Waals surface area (Å²) in [5.41, 5.74) is 10.4. The van der Waals surface area contributed by atoms with Crippen molar-refractivity contribution in [3.8, 4) is 0 Å². The van der Waals surface area contributed by atoms with Gasteiger partial charge >= 0.3 is 6.09 Å². The highest BCUT2D eigenvalue weighted by Crippen LogP contribution is 2.37. The number of hydrogen-bond acceptors (Lipinski definition) is 3. The van der Waals surface area contributed by atoms with Gasteiger partial charge in [0.2, 0.25) is 0 Å². The fourth-order valence-electron chi connectivity index (χ4n) is 4.18. The molecule has 2 aromatic carbocycles. The van der Waals surface area contributed by atoms with Crippen molar-refractivity contribution >= 4 is 11.7 Å². The molecule has 4 rings (SSSR count). The minimum absolute atomic E-state index is 0.130. The van der Waals surface area contributed by atoms with Gasteiger partial charge in [0.1, 0.15) is 6.61 Å². The lowest BCUT2D eigenvalue weighted by Gasteiger charge is -2.44. The molecule has 2 heterocycles. The monoisotopic (exact) mass is 362 g/mol. The van der Waals surface area contributed by atoms with Crippen LogP contribution in [0.1, 0.15) is 42.4 Å². The molecule has 1 amide bonds. The second-order valence-corrected chi connectivity index (χ2v) is 7.40. The molecule has 140 valence electrons. The summed E-state index contributed by atoms with van der Waals surface area (Å²) in [7, 11) is 0. The third-order valence-corrected chi connectivity index (χ3v) is 5.61. The van der Waals surface area contributed by atoms with Gasteiger partial charge in [-0.05, 0) is 47.9 Å². The second-order valence-electron chi connectivity index (χ2n) is 7.40. The third kappa shape index (κ3) is 3.91. The van der Waals surface area contributed by atoms with Crippen LogP contribution in [0, 0.1) is 0 Å². The van der Waals surface area contributed by atoms with Crippen LogP contribution in [0.15, 0.2) is 60.7 Å². The number of benzene rings is 2. The minimum atomic E-state index is -0.192. The molecule has 4 heteroatoms. The quantitative estimate of drug-likeness (QED) is 0.872. The molecule has 1 saturated heterocycles. The van der Waals surface area contributed by atoms with Gasteiger partial charge in [-0.25, -0.2) is 4.79 Å². The first-order valence-corrected chi connectivity index (χ1v) is 9.73. The summed E-state index contributed by atoms with van der Waals surface area (Å²) in [4.78, 5) is 14.7. The highest BCUT2D eigenvalue weighted by atomic mass is 16.6. The van der Waals surface area contributed by atoms with Crippen molar-refractivity contribution in [1.29, 1.82) is 0 Å². The Kier molecular flexibility index (Phi) is 5.26. The summed E-state index contributed by atoms with van der Waals surface area (Å²) >= 11 is 0. The Bertz CT molecular complexity index is 814. The lowest BCUT2D eigenvalue weighted by atomic mass is 9.83. The fraction of sp³-hybridized carbons (Fsp3) is 0.348. The molecule has 2 atom stereocenters. The first-order chi connectivity index (χ1) is 13.2. The Morgan fingerprint density at radius 2 is 1.81 bits per heavy atom. The topological polar surface area (TPSA) is 55.6 Å². The summed E-state index contributed by atoms with van der Waals surface area (Å²) in [5.74, 6) is 0. The number of nitrogens with zero attached hydrogens (tertiary/aromatic N) is 1. The standard InChI is InChI=1S/C23H26N2O2/c24-15-17-9-11-19(12-10-17)20-13-21-7-4-8-22(14-20)25(21)23(26)27-16-18-5-2-1-3-6-18/h1-3,5-6,9-13,21-22H,4,7-8,14-16,24H2. The largest absolute Gasteiger partial charge is 0.445 e. The van der Waals surface area contributed by atoms with E-state index in [1.807, 2.05) is 35.2 Å². The van der Waals surface area contributed by atoms with Crippen LogP contribution in [0.4, 0.5) is 4.79 Å². The highest BCUT2D eigenvalue weighted by molar-refractivity contribution is 5.74. The zero-order chi connectivity index (χ0) is 18.6. The van der Waals surface area contributed by atoms with E-state index >= 15 is 0 Å². The maximum Gasteiger partial charge on any atom is 0.410 e. The van der Waals surface area contributed by atoms with Crippen molar-refractivity contribution < 1.29 is 9.53 Å². The number of carbonyl (C=O) groups is 1. The molecule has 0 aliphatic carbocycles. The van der Waals surface area contributed by atoms with Crippen LogP contribution in [0.5, 0.6) is 0 Å². The van der Waals surface area contributed by atoms with E-state index < -0.39 is 0 Å². The summed E-state index contributed by atoms with van der Waals surface area (Å²) < 4.78 is 5.62. The minimum Gasteiger partial charge on any atom is -0.445 e. The predicted octanol–water partition coefficient (Wildman–Crippen LogP) is 4.49. The van der Waals surface area contributed by atoms with Gasteiger partial charge in [-0.1, -0.05) is 60.7 Å². The Labute approximate surface area is 160 Å². The molecule has 2 aromatic rings. The Morgan fingerprint density at radius 3 is 2.52 bits per heavy atom. The van der Waals surface area contributed by atoms with Gasteiger partial charge in [0.15, 0.2) is 0 Å². The Morgan fingerprint density at radius 1 is 1.04 bits per heavy atom. The van der Waals surface area contributed by atoms with Crippen molar-refractivity contribution in [3.05, 3.63) is 77.4 Å². The molecule has 2 N–H and O–H groups in total. The van der Waals surface area contributed by atoms with Crippen molar-refractivity contribution in [1.82, 2.24) is 4.90 Å². The van der Waals surface area contributed by atoms with E-state index in [0.29, 0.717) is 13.2 Å². The summed E-state index contributed by atoms with van der Waals surface area (Å²) in [6, 6.07) is 18.7. The number of fused-ring (bicyclic) bond motifs is 2. The number of amides is 1. The van der Waals surface area contributed by atoms with Crippen LogP contribution in [0.3, 0.4) is 0 Å². The number of piperidine rings is 1. The number of ether oxygens (including phenoxy) is 1. The fourth-order valence-corrected chi connectivity index (χ4v) is 4.18. The van der Waals surface area contributed by atoms with Crippen molar-refractivity contribution in [2.24, 2.45) is 5.73 Å². The first kappa shape index (κ1) is 17.8. The van der Waals surface area contributed by atoms with E-state index in [1.165, 1.54) is 11.1 Å². The molecule has 0 saturated carbocycles. The molecule has 0 aromatic heterocycles. The van der Waals surface area contributed by atoms with Crippen LogP contribution >= 0.6 is 0 Å². The van der Waals surface area contributed by atoms with E-state index in [4.69, 9.17) is 10.5 Å². The van der Waals surface area contributed by atoms with Crippen LogP contribution in [-0.2, 0) is 17.9 Å². The summed E-state index contributed by atoms with van der Waals surface area (Å²) in [6.07, 6.45) is 6.15. The molecular weight excluding hydrogens is 336 g/mol. The average molecular weight is 362 g/mol. The van der Waals surface area contributed by atoms with Crippen LogP contribution in [-0.4, -0.2) is 23.1 Å². The molecular formula is C23H26N2O2. The zero-order valence-electron chi connectivity index (χ0n) is 15.5. The number of carbonyl (C=O) groups excluding carboxylic acids is 1. The Balaban J connectivity index is 1.48. The highest BCUT2D eigenvalue weighted by Gasteiger charge is 2.38. The smallest absolute Gasteiger partial charge is 0.410 e. The van der Waals surface area contributed by atoms with Gasteiger partial charge < -0.3 is 10.5 Å². The van der Waals surface area contributed by atoms with E-state index in [-0.39, 0.29) is 18.2 Å². The SMILES string of the molecule is NCc1ccc(C2=CC3CCCC(C2)N3C(=O)OCc2ccccc2)cc1. The van der Waals surface area contributed by atoms with Gasteiger partial charge in [-0.3, -0.25) is 4.90 Å². The summed E-state index contributed by atoms with van der Waals surface area (Å²) in [6.45, 7) is 0.887. The van der Waals surface area contributed by atoms with Crippen LogP contribution in [0.25, 0.3) is 5.57 Å². The summed E-state index contributed by atoms with van der Waals surface area (Å²) in [5, 5.41) is 0. The lowest BCUT2D eigenvalue weighted by molar-refractivity contribution is 0.0510. The number of nitrogens with two attached hydrogens (primary N) is 1. The van der Waals surface area contributed by atoms with Crippen molar-refractivity contribution in [2.75, 3.05) is 0 Å². The van der Waals surface area contributed by atoms with Gasteiger partial charge in [-0.2, -0.15) is 0 Å². The van der Waals surface area contributed by atoms with E-state index in [0.717, 1.165) is 36.8 Å². The normalized spacial score (nSPS) is 21.5. The molecule has 2 unspecified atom stereocenters. The van der Waals surface area contributed by atoms with E-state index in [9.17, 15) is 4.79 Å². The van der Waals surface area contributed by atoms with Gasteiger partial charge in [0.25, 0.3) is 0 Å². The van der Waals surface area contributed by atoms with Crippen molar-refractivity contribution in [3.63, 3.8) is 0 Å². The zero-order valence-corrected chi connectivity index (χ0v) is 15.5. The first-order valence-electron chi connectivity index (χ1n) is 9.73. The van der Waals surface area contributed by atoms with Crippen LogP contribution in [0.2, 0.25) is 0 Å². The average Bonchev–Trinajstić information content (AvgIpc) is 2.72. The molecule has 2 bridgehead atoms. The molecule has 4 nitrogen and oxygen atoms in total. The van der Waals surface area contributed by atoms with Crippen molar-refractivity contribution in [2.45, 2.75) is 50.9 Å². The maximum atomic E-state index is 12.8. The second kappa shape index (κ2) is 7.97. The molecule has 1 fully saturated rings. The molecule has 27 heavy (non-hydrogen) atoms. The lowest BCUT2D eigenvalue weighted by Crippen LogP contribution is -2.51. The molecule has 2 aliphatic heterocycles.